The van der Waals surface area contributed by atoms with E-state index in [2.05, 4.69) is 32.6 Å². The van der Waals surface area contributed by atoms with Crippen molar-refractivity contribution in [1.29, 1.82) is 0 Å². The van der Waals surface area contributed by atoms with E-state index in [1.807, 2.05) is 0 Å². The van der Waals surface area contributed by atoms with Gasteiger partial charge in [0.2, 0.25) is 0 Å². The monoisotopic (exact) mass is 170 g/mol. The molecule has 0 unspecified atom stereocenters. The molecule has 12 heavy (non-hydrogen) atoms. The lowest BCUT2D eigenvalue weighted by Gasteiger charge is -2.32. The predicted octanol–water partition coefficient (Wildman–Crippen LogP) is 1.60. The lowest BCUT2D eigenvalue weighted by molar-refractivity contribution is 0.176. The summed E-state index contributed by atoms with van der Waals surface area (Å²) < 4.78 is 0. The van der Waals surface area contributed by atoms with E-state index in [1.165, 1.54) is 12.8 Å². The Labute approximate surface area is 76.1 Å². The smallest absolute Gasteiger partial charge is 0.0226 e. The first-order chi connectivity index (χ1) is 5.40. The molecule has 1 saturated heterocycles. The van der Waals surface area contributed by atoms with Crippen LogP contribution in [0.15, 0.2) is 0 Å². The summed E-state index contributed by atoms with van der Waals surface area (Å²) in [5.74, 6) is 0. The van der Waals surface area contributed by atoms with Gasteiger partial charge in [-0.1, -0.05) is 0 Å². The molecule has 2 atom stereocenters. The van der Waals surface area contributed by atoms with Crippen LogP contribution in [0.1, 0.15) is 40.5 Å². The van der Waals surface area contributed by atoms with Gasteiger partial charge < -0.3 is 5.73 Å². The average Bonchev–Trinajstić information content (AvgIpc) is 2.16. The highest BCUT2D eigenvalue weighted by Gasteiger charge is 2.30. The highest BCUT2D eigenvalue weighted by Crippen LogP contribution is 2.24. The molecule has 1 aliphatic heterocycles. The first-order valence-electron chi connectivity index (χ1n) is 4.95. The molecule has 72 valence electrons. The quantitative estimate of drug-likeness (QED) is 0.682. The Kier molecular flexibility index (Phi) is 2.79. The van der Waals surface area contributed by atoms with E-state index in [-0.39, 0.29) is 5.54 Å². The molecule has 2 nitrogen and oxygen atoms in total. The zero-order valence-electron chi connectivity index (χ0n) is 8.80. The van der Waals surface area contributed by atoms with E-state index in [4.69, 9.17) is 5.73 Å². The van der Waals surface area contributed by atoms with E-state index in [0.717, 1.165) is 18.6 Å². The van der Waals surface area contributed by atoms with E-state index in [1.54, 1.807) is 0 Å². The third kappa shape index (κ3) is 2.46. The van der Waals surface area contributed by atoms with Crippen LogP contribution < -0.4 is 5.73 Å². The zero-order chi connectivity index (χ0) is 9.35. The molecule has 1 heterocycles. The molecule has 0 aromatic rings. The Balaban J connectivity index is 2.50. The third-order valence-corrected chi connectivity index (χ3v) is 2.72. The van der Waals surface area contributed by atoms with Gasteiger partial charge >= 0.3 is 0 Å². The minimum atomic E-state index is -0.0488. The molecule has 0 amide bonds. The number of hydrogen-bond donors (Lipinski definition) is 1. The molecule has 2 heteroatoms. The van der Waals surface area contributed by atoms with Gasteiger partial charge in [0.15, 0.2) is 0 Å². The molecular weight excluding hydrogens is 148 g/mol. The molecule has 0 radical (unpaired) electrons. The fourth-order valence-corrected chi connectivity index (χ4v) is 2.03. The Morgan fingerprint density at radius 1 is 1.25 bits per heavy atom. The van der Waals surface area contributed by atoms with Crippen molar-refractivity contribution >= 4 is 0 Å². The SMILES string of the molecule is C[C@H]1CC[C@H](C)N1CC(C)(C)N. The van der Waals surface area contributed by atoms with Gasteiger partial charge in [-0.05, 0) is 40.5 Å². The van der Waals surface area contributed by atoms with Gasteiger partial charge in [0.1, 0.15) is 0 Å². The van der Waals surface area contributed by atoms with Gasteiger partial charge in [-0.2, -0.15) is 0 Å². The molecule has 2 N–H and O–H groups in total. The summed E-state index contributed by atoms with van der Waals surface area (Å²) in [7, 11) is 0. The highest BCUT2D eigenvalue weighted by atomic mass is 15.2. The summed E-state index contributed by atoms with van der Waals surface area (Å²) in [4.78, 5) is 2.53. The van der Waals surface area contributed by atoms with Crippen molar-refractivity contribution in [3.05, 3.63) is 0 Å². The van der Waals surface area contributed by atoms with Crippen molar-refractivity contribution < 1.29 is 0 Å². The fourth-order valence-electron chi connectivity index (χ4n) is 2.03. The minimum Gasteiger partial charge on any atom is -0.324 e. The number of nitrogens with zero attached hydrogens (tertiary/aromatic N) is 1. The van der Waals surface area contributed by atoms with Crippen LogP contribution >= 0.6 is 0 Å². The molecule has 0 aromatic heterocycles. The first kappa shape index (κ1) is 10.0. The maximum atomic E-state index is 6.00. The van der Waals surface area contributed by atoms with E-state index >= 15 is 0 Å². The number of hydrogen-bond acceptors (Lipinski definition) is 2. The Bertz CT molecular complexity index is 138. The van der Waals surface area contributed by atoms with Crippen molar-refractivity contribution in [3.63, 3.8) is 0 Å². The summed E-state index contributed by atoms with van der Waals surface area (Å²) in [5, 5.41) is 0. The van der Waals surface area contributed by atoms with E-state index < -0.39 is 0 Å². The molecule has 1 rings (SSSR count). The molecule has 0 aliphatic carbocycles. The van der Waals surface area contributed by atoms with Crippen LogP contribution in [0.5, 0.6) is 0 Å². The standard InChI is InChI=1S/C10H22N2/c1-8-5-6-9(2)12(8)7-10(3,4)11/h8-9H,5-7,11H2,1-4H3/t8-,9-/m0/s1. The van der Waals surface area contributed by atoms with Crippen LogP contribution in [0.4, 0.5) is 0 Å². The van der Waals surface area contributed by atoms with Gasteiger partial charge in [-0.15, -0.1) is 0 Å². The van der Waals surface area contributed by atoms with Crippen molar-refractivity contribution in [1.82, 2.24) is 4.90 Å². The van der Waals surface area contributed by atoms with Gasteiger partial charge in [0.05, 0.1) is 0 Å². The normalized spacial score (nSPS) is 32.8. The largest absolute Gasteiger partial charge is 0.324 e. The Morgan fingerprint density at radius 2 is 1.67 bits per heavy atom. The summed E-state index contributed by atoms with van der Waals surface area (Å²) in [6, 6.07) is 1.45. The van der Waals surface area contributed by atoms with E-state index in [0.29, 0.717) is 0 Å². The first-order valence-corrected chi connectivity index (χ1v) is 4.95. The van der Waals surface area contributed by atoms with Crippen LogP contribution in [-0.2, 0) is 0 Å². The lowest BCUT2D eigenvalue weighted by Crippen LogP contribution is -2.48. The van der Waals surface area contributed by atoms with Gasteiger partial charge in [-0.25, -0.2) is 0 Å². The van der Waals surface area contributed by atoms with Crippen molar-refractivity contribution in [3.8, 4) is 0 Å². The molecule has 0 saturated carbocycles. The second-order valence-electron chi connectivity index (χ2n) is 4.94. The lowest BCUT2D eigenvalue weighted by atomic mass is 10.1. The number of rotatable bonds is 2. The Hall–Kier alpha value is -0.0800. The maximum Gasteiger partial charge on any atom is 0.0226 e. The summed E-state index contributed by atoms with van der Waals surface area (Å²) in [6.07, 6.45) is 2.66. The van der Waals surface area contributed by atoms with Gasteiger partial charge in [-0.3, -0.25) is 4.90 Å². The minimum absolute atomic E-state index is 0.0488. The van der Waals surface area contributed by atoms with Crippen molar-refractivity contribution in [2.45, 2.75) is 58.2 Å². The number of likely N-dealkylation sites (tertiary alicyclic amines) is 1. The molecule has 0 bridgehead atoms. The maximum absolute atomic E-state index is 6.00. The second-order valence-corrected chi connectivity index (χ2v) is 4.94. The van der Waals surface area contributed by atoms with Crippen LogP contribution in [0.3, 0.4) is 0 Å². The predicted molar refractivity (Wildman–Crippen MR) is 53.1 cm³/mol. The fraction of sp³-hybridized carbons (Fsp3) is 1.00. The van der Waals surface area contributed by atoms with Crippen molar-refractivity contribution in [2.75, 3.05) is 6.54 Å². The topological polar surface area (TPSA) is 29.3 Å². The molecule has 1 aliphatic rings. The van der Waals surface area contributed by atoms with Crippen LogP contribution in [0.2, 0.25) is 0 Å². The van der Waals surface area contributed by atoms with Crippen LogP contribution in [-0.4, -0.2) is 29.1 Å². The molecular formula is C10H22N2. The average molecular weight is 170 g/mol. The summed E-state index contributed by atoms with van der Waals surface area (Å²) >= 11 is 0. The second kappa shape index (κ2) is 3.35. The van der Waals surface area contributed by atoms with Gasteiger partial charge in [0, 0.05) is 24.2 Å². The Morgan fingerprint density at radius 3 is 2.00 bits per heavy atom. The number of nitrogens with two attached hydrogens (primary N) is 1. The third-order valence-electron chi connectivity index (χ3n) is 2.72. The van der Waals surface area contributed by atoms with Gasteiger partial charge in [0.25, 0.3) is 0 Å². The van der Waals surface area contributed by atoms with Crippen LogP contribution in [0, 0.1) is 0 Å². The van der Waals surface area contributed by atoms with Crippen LogP contribution in [0.25, 0.3) is 0 Å². The summed E-state index contributed by atoms with van der Waals surface area (Å²) in [5.41, 5.74) is 5.95. The zero-order valence-corrected chi connectivity index (χ0v) is 8.80. The summed E-state index contributed by atoms with van der Waals surface area (Å²) in [6.45, 7) is 9.83. The highest BCUT2D eigenvalue weighted by molar-refractivity contribution is 4.87. The molecule has 1 fully saturated rings. The van der Waals surface area contributed by atoms with E-state index in [9.17, 15) is 0 Å². The molecule has 0 aromatic carbocycles. The van der Waals surface area contributed by atoms with Crippen molar-refractivity contribution in [2.24, 2.45) is 5.73 Å². The molecule has 0 spiro atoms.